The molecule has 0 spiro atoms. The smallest absolute Gasteiger partial charge is 0.253 e. The van der Waals surface area contributed by atoms with Gasteiger partial charge >= 0.3 is 0 Å². The molecular formula is C20H22N2O3. The van der Waals surface area contributed by atoms with Crippen molar-refractivity contribution in [1.82, 2.24) is 4.90 Å². The van der Waals surface area contributed by atoms with Crippen molar-refractivity contribution in [3.8, 4) is 5.75 Å². The molecular weight excluding hydrogens is 316 g/mol. The van der Waals surface area contributed by atoms with Crippen molar-refractivity contribution in [3.63, 3.8) is 0 Å². The molecule has 1 atom stereocenters. The number of nitrogens with one attached hydrogen (secondary N) is 1. The Hall–Kier alpha value is -2.82. The molecule has 2 aromatic carbocycles. The summed E-state index contributed by atoms with van der Waals surface area (Å²) in [7, 11) is 0. The maximum Gasteiger partial charge on any atom is 0.253 e. The number of rotatable bonds is 3. The van der Waals surface area contributed by atoms with E-state index in [1.54, 1.807) is 23.1 Å². The normalized spacial score (nSPS) is 17.2. The fourth-order valence-electron chi connectivity index (χ4n) is 3.07. The molecule has 0 saturated carbocycles. The molecule has 0 radical (unpaired) electrons. The first kappa shape index (κ1) is 17.0. The fraction of sp³-hybridized carbons (Fsp3) is 0.300. The molecule has 25 heavy (non-hydrogen) atoms. The predicted octanol–water partition coefficient (Wildman–Crippen LogP) is 3.19. The van der Waals surface area contributed by atoms with E-state index in [9.17, 15) is 14.7 Å². The van der Waals surface area contributed by atoms with Gasteiger partial charge < -0.3 is 15.3 Å². The zero-order chi connectivity index (χ0) is 17.8. The summed E-state index contributed by atoms with van der Waals surface area (Å²) >= 11 is 0. The van der Waals surface area contributed by atoms with E-state index in [1.165, 1.54) is 6.07 Å². The number of hydrogen-bond acceptors (Lipinski definition) is 3. The van der Waals surface area contributed by atoms with Gasteiger partial charge in [-0.2, -0.15) is 0 Å². The molecule has 2 aromatic rings. The molecule has 1 aliphatic heterocycles. The summed E-state index contributed by atoms with van der Waals surface area (Å²) in [4.78, 5) is 26.9. The first-order chi connectivity index (χ1) is 12.0. The van der Waals surface area contributed by atoms with E-state index in [2.05, 4.69) is 5.32 Å². The lowest BCUT2D eigenvalue weighted by molar-refractivity contribution is -0.121. The number of para-hydroxylation sites is 2. The minimum absolute atomic E-state index is 0.0410. The third-order valence-electron chi connectivity index (χ3n) is 4.54. The third kappa shape index (κ3) is 3.99. The van der Waals surface area contributed by atoms with Crippen molar-refractivity contribution in [2.24, 2.45) is 5.92 Å². The van der Waals surface area contributed by atoms with Gasteiger partial charge in [0.25, 0.3) is 5.91 Å². The summed E-state index contributed by atoms with van der Waals surface area (Å²) in [5, 5.41) is 12.5. The van der Waals surface area contributed by atoms with Crippen molar-refractivity contribution >= 4 is 17.5 Å². The molecule has 0 aromatic heterocycles. The second-order valence-corrected chi connectivity index (χ2v) is 6.46. The van der Waals surface area contributed by atoms with Crippen LogP contribution in [0.25, 0.3) is 0 Å². The van der Waals surface area contributed by atoms with Crippen molar-refractivity contribution in [3.05, 3.63) is 59.7 Å². The number of piperidine rings is 1. The van der Waals surface area contributed by atoms with E-state index in [-0.39, 0.29) is 23.5 Å². The van der Waals surface area contributed by atoms with Gasteiger partial charge in [-0.3, -0.25) is 9.59 Å². The van der Waals surface area contributed by atoms with E-state index in [1.807, 2.05) is 31.2 Å². The van der Waals surface area contributed by atoms with E-state index < -0.39 is 0 Å². The number of carbonyl (C=O) groups is 2. The fourth-order valence-corrected chi connectivity index (χ4v) is 3.07. The van der Waals surface area contributed by atoms with Crippen LogP contribution in [0, 0.1) is 12.8 Å². The highest BCUT2D eigenvalue weighted by Crippen LogP contribution is 2.25. The van der Waals surface area contributed by atoms with Gasteiger partial charge in [0, 0.05) is 18.7 Å². The van der Waals surface area contributed by atoms with E-state index in [4.69, 9.17) is 0 Å². The van der Waals surface area contributed by atoms with Gasteiger partial charge in [0.05, 0.1) is 11.6 Å². The number of anilines is 1. The van der Waals surface area contributed by atoms with Crippen LogP contribution in [-0.2, 0) is 4.79 Å². The third-order valence-corrected chi connectivity index (χ3v) is 4.54. The average molecular weight is 338 g/mol. The molecule has 0 unspecified atom stereocenters. The van der Waals surface area contributed by atoms with Gasteiger partial charge in [0.1, 0.15) is 5.75 Å². The standard InChI is InChI=1S/C20H22N2O3/c1-14-8-10-15(11-9-14)20(25)22-12-4-5-16(13-22)19(24)21-17-6-2-3-7-18(17)23/h2-3,6-11,16,23H,4-5,12-13H2,1H3,(H,21,24)/t16-/m1/s1. The van der Waals surface area contributed by atoms with Crippen molar-refractivity contribution in [2.45, 2.75) is 19.8 Å². The zero-order valence-corrected chi connectivity index (χ0v) is 14.2. The quantitative estimate of drug-likeness (QED) is 0.845. The zero-order valence-electron chi connectivity index (χ0n) is 14.2. The Labute approximate surface area is 147 Å². The number of phenolic OH excluding ortho intramolecular Hbond substituents is 1. The van der Waals surface area contributed by atoms with Gasteiger partial charge in [0.2, 0.25) is 5.91 Å². The molecule has 130 valence electrons. The Morgan fingerprint density at radius 2 is 1.84 bits per heavy atom. The largest absolute Gasteiger partial charge is 0.506 e. The number of hydrogen-bond donors (Lipinski definition) is 2. The van der Waals surface area contributed by atoms with Crippen LogP contribution in [-0.4, -0.2) is 34.9 Å². The number of likely N-dealkylation sites (tertiary alicyclic amines) is 1. The van der Waals surface area contributed by atoms with Crippen molar-refractivity contribution in [2.75, 3.05) is 18.4 Å². The van der Waals surface area contributed by atoms with Gasteiger partial charge in [-0.1, -0.05) is 29.8 Å². The molecule has 0 aliphatic carbocycles. The maximum absolute atomic E-state index is 12.6. The predicted molar refractivity (Wildman–Crippen MR) is 96.5 cm³/mol. The van der Waals surface area contributed by atoms with Gasteiger partial charge in [-0.05, 0) is 44.0 Å². The number of benzene rings is 2. The molecule has 1 heterocycles. The van der Waals surface area contributed by atoms with Crippen LogP contribution < -0.4 is 5.32 Å². The number of aromatic hydroxyl groups is 1. The summed E-state index contributed by atoms with van der Waals surface area (Å²) in [6, 6.07) is 14.1. The summed E-state index contributed by atoms with van der Waals surface area (Å²) in [5.41, 5.74) is 2.15. The van der Waals surface area contributed by atoms with Crippen LogP contribution in [0.15, 0.2) is 48.5 Å². The monoisotopic (exact) mass is 338 g/mol. The van der Waals surface area contributed by atoms with Crippen molar-refractivity contribution < 1.29 is 14.7 Å². The number of phenols is 1. The Morgan fingerprint density at radius 3 is 2.56 bits per heavy atom. The van der Waals surface area contributed by atoms with Crippen molar-refractivity contribution in [1.29, 1.82) is 0 Å². The van der Waals surface area contributed by atoms with Crippen LogP contribution >= 0.6 is 0 Å². The molecule has 3 rings (SSSR count). The highest BCUT2D eigenvalue weighted by molar-refractivity contribution is 5.96. The van der Waals surface area contributed by atoms with Gasteiger partial charge in [-0.25, -0.2) is 0 Å². The molecule has 1 aliphatic rings. The van der Waals surface area contributed by atoms with Crippen LogP contribution in [0.4, 0.5) is 5.69 Å². The highest BCUT2D eigenvalue weighted by atomic mass is 16.3. The SMILES string of the molecule is Cc1ccc(C(=O)N2CCC[C@@H](C(=O)Nc3ccccc3O)C2)cc1. The lowest BCUT2D eigenvalue weighted by atomic mass is 9.96. The first-order valence-corrected chi connectivity index (χ1v) is 8.49. The number of nitrogens with zero attached hydrogens (tertiary/aromatic N) is 1. The molecule has 0 bridgehead atoms. The second kappa shape index (κ2) is 7.38. The van der Waals surface area contributed by atoms with Crippen LogP contribution in [0.2, 0.25) is 0 Å². The minimum atomic E-state index is -0.275. The number of carbonyl (C=O) groups excluding carboxylic acids is 2. The van der Waals surface area contributed by atoms with Crippen LogP contribution in [0.1, 0.15) is 28.8 Å². The highest BCUT2D eigenvalue weighted by Gasteiger charge is 2.29. The Bertz CT molecular complexity index is 771. The summed E-state index contributed by atoms with van der Waals surface area (Å²) in [6.07, 6.45) is 1.52. The first-order valence-electron chi connectivity index (χ1n) is 8.49. The van der Waals surface area contributed by atoms with Crippen LogP contribution in [0.5, 0.6) is 5.75 Å². The average Bonchev–Trinajstić information content (AvgIpc) is 2.64. The lowest BCUT2D eigenvalue weighted by Crippen LogP contribution is -2.43. The molecule has 2 N–H and O–H groups in total. The summed E-state index contributed by atoms with van der Waals surface area (Å²) in [6.45, 7) is 3.04. The van der Waals surface area contributed by atoms with E-state index in [0.29, 0.717) is 24.3 Å². The van der Waals surface area contributed by atoms with E-state index >= 15 is 0 Å². The van der Waals surface area contributed by atoms with Gasteiger partial charge in [-0.15, -0.1) is 0 Å². The second-order valence-electron chi connectivity index (χ2n) is 6.46. The maximum atomic E-state index is 12.6. The minimum Gasteiger partial charge on any atom is -0.506 e. The van der Waals surface area contributed by atoms with Gasteiger partial charge in [0.15, 0.2) is 0 Å². The summed E-state index contributed by atoms with van der Waals surface area (Å²) in [5.74, 6) is -0.440. The van der Waals surface area contributed by atoms with Crippen LogP contribution in [0.3, 0.4) is 0 Å². The lowest BCUT2D eigenvalue weighted by Gasteiger charge is -2.32. The molecule has 2 amide bonds. The Kier molecular flexibility index (Phi) is 5.03. The molecule has 5 heteroatoms. The molecule has 1 saturated heterocycles. The van der Waals surface area contributed by atoms with E-state index in [0.717, 1.165) is 18.4 Å². The Morgan fingerprint density at radius 1 is 1.12 bits per heavy atom. The molecule has 5 nitrogen and oxygen atoms in total. The summed E-state index contributed by atoms with van der Waals surface area (Å²) < 4.78 is 0. The number of amides is 2. The topological polar surface area (TPSA) is 69.6 Å². The Balaban J connectivity index is 1.66. The molecule has 1 fully saturated rings. The number of aryl methyl sites for hydroxylation is 1.